The van der Waals surface area contributed by atoms with Crippen LogP contribution in [0.15, 0.2) is 42.1 Å². The highest BCUT2D eigenvalue weighted by Gasteiger charge is 2.26. The molecule has 2 atom stereocenters. The van der Waals surface area contributed by atoms with Gasteiger partial charge in [0.1, 0.15) is 0 Å². The van der Waals surface area contributed by atoms with E-state index in [-0.39, 0.29) is 0 Å². The number of hydrogen-bond acceptors (Lipinski definition) is 3. The molecule has 0 radical (unpaired) electrons. The quantitative estimate of drug-likeness (QED) is 0.574. The van der Waals surface area contributed by atoms with Gasteiger partial charge >= 0.3 is 0 Å². The van der Waals surface area contributed by atoms with Crippen molar-refractivity contribution < 1.29 is 0 Å². The second kappa shape index (κ2) is 3.30. The Morgan fingerprint density at radius 2 is 2.12 bits per heavy atom. The van der Waals surface area contributed by atoms with Crippen LogP contribution in [0, 0.1) is 5.92 Å². The second-order valence-corrected chi connectivity index (χ2v) is 4.48. The lowest BCUT2D eigenvalue weighted by atomic mass is 9.84. The molecule has 0 bridgehead atoms. The van der Waals surface area contributed by atoms with Crippen LogP contribution in [0.1, 0.15) is 5.56 Å². The van der Waals surface area contributed by atoms with Gasteiger partial charge in [-0.3, -0.25) is 0 Å². The van der Waals surface area contributed by atoms with E-state index >= 15 is 0 Å². The zero-order chi connectivity index (χ0) is 11.1. The van der Waals surface area contributed by atoms with E-state index in [1.165, 1.54) is 5.56 Å². The standard InChI is InChI=1S/C13H15N3/c14-10-3-1-8-5-9-2-4-11(15)7-13(9)16-12(8)6-10/h1-4,6-8,12,16H,5,14-15H2. The molecule has 0 fully saturated rings. The third-order valence-corrected chi connectivity index (χ3v) is 3.28. The van der Waals surface area contributed by atoms with Crippen molar-refractivity contribution in [2.75, 3.05) is 11.1 Å². The molecule has 1 aromatic carbocycles. The number of rotatable bonds is 0. The van der Waals surface area contributed by atoms with E-state index in [9.17, 15) is 0 Å². The third kappa shape index (κ3) is 1.45. The van der Waals surface area contributed by atoms with Crippen LogP contribution in [-0.2, 0) is 6.42 Å². The van der Waals surface area contributed by atoms with Crippen LogP contribution < -0.4 is 16.8 Å². The van der Waals surface area contributed by atoms with Gasteiger partial charge in [0.2, 0.25) is 0 Å². The molecule has 0 aromatic heterocycles. The van der Waals surface area contributed by atoms with Crippen molar-refractivity contribution in [1.29, 1.82) is 0 Å². The van der Waals surface area contributed by atoms with Crippen molar-refractivity contribution in [3.05, 3.63) is 47.7 Å². The summed E-state index contributed by atoms with van der Waals surface area (Å²) in [5.74, 6) is 0.503. The van der Waals surface area contributed by atoms with Crippen molar-refractivity contribution in [3.8, 4) is 0 Å². The molecule has 3 rings (SSSR count). The van der Waals surface area contributed by atoms with Crippen LogP contribution >= 0.6 is 0 Å². The molecule has 1 aromatic rings. The Balaban J connectivity index is 1.98. The summed E-state index contributed by atoms with van der Waals surface area (Å²) in [5, 5.41) is 3.48. The van der Waals surface area contributed by atoms with E-state index < -0.39 is 0 Å². The van der Waals surface area contributed by atoms with Crippen molar-refractivity contribution in [3.63, 3.8) is 0 Å². The molecule has 1 aliphatic heterocycles. The summed E-state index contributed by atoms with van der Waals surface area (Å²) in [6, 6.07) is 6.36. The minimum atomic E-state index is 0.305. The molecule has 0 saturated carbocycles. The first-order chi connectivity index (χ1) is 7.72. The minimum Gasteiger partial charge on any atom is -0.399 e. The number of fused-ring (bicyclic) bond motifs is 2. The number of anilines is 2. The Kier molecular flexibility index (Phi) is 1.93. The summed E-state index contributed by atoms with van der Waals surface area (Å²) in [5.41, 5.74) is 15.7. The van der Waals surface area contributed by atoms with Gasteiger partial charge in [-0.05, 0) is 36.3 Å². The van der Waals surface area contributed by atoms with Gasteiger partial charge in [0.05, 0.1) is 6.04 Å². The van der Waals surface area contributed by atoms with Crippen LogP contribution in [0.5, 0.6) is 0 Å². The Bertz CT molecular complexity index is 488. The molecule has 2 aliphatic rings. The van der Waals surface area contributed by atoms with Gasteiger partial charge in [0.15, 0.2) is 0 Å². The fourth-order valence-corrected chi connectivity index (χ4v) is 2.42. The monoisotopic (exact) mass is 213 g/mol. The summed E-state index contributed by atoms with van der Waals surface area (Å²) in [6.07, 6.45) is 7.31. The minimum absolute atomic E-state index is 0.305. The lowest BCUT2D eigenvalue weighted by molar-refractivity contribution is 0.572. The van der Waals surface area contributed by atoms with Crippen molar-refractivity contribution >= 4 is 11.4 Å². The van der Waals surface area contributed by atoms with Gasteiger partial charge in [-0.25, -0.2) is 0 Å². The number of hydrogen-bond donors (Lipinski definition) is 3. The Labute approximate surface area is 94.8 Å². The molecule has 0 amide bonds. The van der Waals surface area contributed by atoms with Gasteiger partial charge in [-0.2, -0.15) is 0 Å². The molecule has 2 unspecified atom stereocenters. The van der Waals surface area contributed by atoms with Crippen LogP contribution in [0.4, 0.5) is 11.4 Å². The number of nitrogens with one attached hydrogen (secondary N) is 1. The summed E-state index contributed by atoms with van der Waals surface area (Å²) in [7, 11) is 0. The highest BCUT2D eigenvalue weighted by Crippen LogP contribution is 2.32. The fourth-order valence-electron chi connectivity index (χ4n) is 2.42. The average Bonchev–Trinajstić information content (AvgIpc) is 2.26. The fraction of sp³-hybridized carbons (Fsp3) is 0.231. The summed E-state index contributed by atoms with van der Waals surface area (Å²) in [6.45, 7) is 0. The molecular formula is C13H15N3. The van der Waals surface area contributed by atoms with E-state index in [2.05, 4.69) is 23.5 Å². The number of nitrogen functional groups attached to an aromatic ring is 1. The zero-order valence-electron chi connectivity index (χ0n) is 8.98. The van der Waals surface area contributed by atoms with Crippen LogP contribution in [-0.4, -0.2) is 6.04 Å². The maximum atomic E-state index is 5.80. The SMILES string of the molecule is NC1=CC2Nc3cc(N)ccc3CC2C=C1. The van der Waals surface area contributed by atoms with Gasteiger partial charge < -0.3 is 16.8 Å². The van der Waals surface area contributed by atoms with E-state index in [0.29, 0.717) is 12.0 Å². The van der Waals surface area contributed by atoms with Crippen molar-refractivity contribution in [2.45, 2.75) is 12.5 Å². The van der Waals surface area contributed by atoms with Crippen molar-refractivity contribution in [2.24, 2.45) is 11.7 Å². The van der Waals surface area contributed by atoms with Gasteiger partial charge in [0, 0.05) is 23.0 Å². The lowest BCUT2D eigenvalue weighted by Gasteiger charge is -2.33. The Morgan fingerprint density at radius 1 is 1.25 bits per heavy atom. The molecule has 1 aliphatic carbocycles. The predicted octanol–water partition coefficient (Wildman–Crippen LogP) is 1.63. The number of nitrogens with two attached hydrogens (primary N) is 2. The molecule has 0 spiro atoms. The van der Waals surface area contributed by atoms with E-state index in [4.69, 9.17) is 11.5 Å². The largest absolute Gasteiger partial charge is 0.399 e. The highest BCUT2D eigenvalue weighted by molar-refractivity contribution is 5.63. The average molecular weight is 213 g/mol. The molecule has 82 valence electrons. The normalized spacial score (nSPS) is 26.4. The molecule has 16 heavy (non-hydrogen) atoms. The Hall–Kier alpha value is -1.90. The first kappa shape index (κ1) is 9.33. The highest BCUT2D eigenvalue weighted by atomic mass is 14.9. The molecule has 0 saturated heterocycles. The van der Waals surface area contributed by atoms with Crippen LogP contribution in [0.2, 0.25) is 0 Å². The third-order valence-electron chi connectivity index (χ3n) is 3.28. The van der Waals surface area contributed by atoms with Gasteiger partial charge in [-0.15, -0.1) is 0 Å². The topological polar surface area (TPSA) is 64.1 Å². The molecular weight excluding hydrogens is 198 g/mol. The predicted molar refractivity (Wildman–Crippen MR) is 66.9 cm³/mol. The molecule has 1 heterocycles. The lowest BCUT2D eigenvalue weighted by Crippen LogP contribution is -2.34. The van der Waals surface area contributed by atoms with Crippen molar-refractivity contribution in [1.82, 2.24) is 0 Å². The summed E-state index contributed by atoms with van der Waals surface area (Å²) in [4.78, 5) is 0. The smallest absolute Gasteiger partial charge is 0.0533 e. The van der Waals surface area contributed by atoms with E-state index in [1.54, 1.807) is 0 Å². The van der Waals surface area contributed by atoms with E-state index in [0.717, 1.165) is 23.5 Å². The maximum absolute atomic E-state index is 5.80. The molecule has 3 heteroatoms. The maximum Gasteiger partial charge on any atom is 0.0533 e. The number of allylic oxidation sites excluding steroid dienone is 1. The van der Waals surface area contributed by atoms with E-state index in [1.807, 2.05) is 18.2 Å². The molecule has 3 nitrogen and oxygen atoms in total. The number of benzene rings is 1. The molecule has 5 N–H and O–H groups in total. The van der Waals surface area contributed by atoms with Gasteiger partial charge in [-0.1, -0.05) is 12.1 Å². The van der Waals surface area contributed by atoms with Crippen LogP contribution in [0.25, 0.3) is 0 Å². The second-order valence-electron chi connectivity index (χ2n) is 4.48. The van der Waals surface area contributed by atoms with Gasteiger partial charge in [0.25, 0.3) is 0 Å². The summed E-state index contributed by atoms with van der Waals surface area (Å²) >= 11 is 0. The first-order valence-electron chi connectivity index (χ1n) is 5.53. The first-order valence-corrected chi connectivity index (χ1v) is 5.53. The zero-order valence-corrected chi connectivity index (χ0v) is 8.98. The van der Waals surface area contributed by atoms with Crippen LogP contribution in [0.3, 0.4) is 0 Å². The summed E-state index contributed by atoms with van der Waals surface area (Å²) < 4.78 is 0. The Morgan fingerprint density at radius 3 is 3.00 bits per heavy atom.